The minimum atomic E-state index is -3.57. The second kappa shape index (κ2) is 3.51. The maximum atomic E-state index is 13.7. The van der Waals surface area contributed by atoms with Crippen molar-refractivity contribution in [2.75, 3.05) is 6.26 Å². The minimum Gasteiger partial charge on any atom is -0.321 e. The lowest BCUT2D eigenvalue weighted by molar-refractivity contribution is 0.564. The summed E-state index contributed by atoms with van der Waals surface area (Å²) in [4.78, 5) is -0.305. The van der Waals surface area contributed by atoms with Gasteiger partial charge in [0.25, 0.3) is 0 Å². The van der Waals surface area contributed by atoms with Crippen LogP contribution in [0.5, 0.6) is 0 Å². The van der Waals surface area contributed by atoms with Gasteiger partial charge >= 0.3 is 0 Å². The van der Waals surface area contributed by atoms with E-state index in [9.17, 15) is 12.8 Å². The molecule has 0 spiro atoms. The van der Waals surface area contributed by atoms with Crippen LogP contribution in [0.4, 0.5) is 4.39 Å². The minimum absolute atomic E-state index is 0.238. The fourth-order valence-corrected chi connectivity index (χ4v) is 3.77. The third-order valence-electron chi connectivity index (χ3n) is 2.73. The molecule has 0 atom stereocenters. The van der Waals surface area contributed by atoms with Crippen molar-refractivity contribution in [3.8, 4) is 0 Å². The first-order valence-electron chi connectivity index (χ1n) is 4.72. The summed E-state index contributed by atoms with van der Waals surface area (Å²) in [5.74, 6) is -0.747. The number of sulfone groups is 1. The van der Waals surface area contributed by atoms with Crippen LogP contribution in [0, 0.1) is 5.82 Å². The lowest BCUT2D eigenvalue weighted by atomic mass is 10.1. The molecule has 1 aliphatic rings. The molecule has 88 valence electrons. The summed E-state index contributed by atoms with van der Waals surface area (Å²) in [6.07, 6.45) is 2.58. The van der Waals surface area contributed by atoms with E-state index in [-0.39, 0.29) is 9.37 Å². The molecule has 2 N–H and O–H groups in total. The molecule has 0 amide bonds. The molecular weight excluding hydrogens is 297 g/mol. The maximum absolute atomic E-state index is 13.7. The average Bonchev–Trinajstić information content (AvgIpc) is 2.80. The fraction of sp³-hybridized carbons (Fsp3) is 0.400. The van der Waals surface area contributed by atoms with Crippen molar-refractivity contribution in [2.45, 2.75) is 23.3 Å². The van der Waals surface area contributed by atoms with Crippen LogP contribution < -0.4 is 5.73 Å². The molecule has 1 fully saturated rings. The van der Waals surface area contributed by atoms with Crippen molar-refractivity contribution in [1.82, 2.24) is 0 Å². The Hall–Kier alpha value is -0.460. The predicted octanol–water partition coefficient (Wildman–Crippen LogP) is 1.94. The first kappa shape index (κ1) is 12.0. The van der Waals surface area contributed by atoms with Crippen LogP contribution in [0.15, 0.2) is 21.5 Å². The summed E-state index contributed by atoms with van der Waals surface area (Å²) in [5.41, 5.74) is 6.10. The molecule has 1 aliphatic carbocycles. The quantitative estimate of drug-likeness (QED) is 0.908. The van der Waals surface area contributed by atoms with Gasteiger partial charge in [-0.2, -0.15) is 0 Å². The fourth-order valence-electron chi connectivity index (χ4n) is 1.62. The predicted molar refractivity (Wildman–Crippen MR) is 62.3 cm³/mol. The van der Waals surface area contributed by atoms with Gasteiger partial charge in [0.2, 0.25) is 0 Å². The molecule has 1 aromatic rings. The van der Waals surface area contributed by atoms with Crippen LogP contribution >= 0.6 is 15.9 Å². The van der Waals surface area contributed by atoms with Gasteiger partial charge < -0.3 is 5.73 Å². The van der Waals surface area contributed by atoms with E-state index in [1.54, 1.807) is 6.07 Å². The second-order valence-electron chi connectivity index (χ2n) is 4.20. The highest BCUT2D eigenvalue weighted by molar-refractivity contribution is 9.10. The third-order valence-corrected chi connectivity index (χ3v) is 4.78. The van der Waals surface area contributed by atoms with Crippen LogP contribution in [-0.2, 0) is 15.4 Å². The topological polar surface area (TPSA) is 60.2 Å². The van der Waals surface area contributed by atoms with Crippen molar-refractivity contribution in [3.63, 3.8) is 0 Å². The Morgan fingerprint density at radius 2 is 2.00 bits per heavy atom. The van der Waals surface area contributed by atoms with Crippen molar-refractivity contribution in [3.05, 3.63) is 28.0 Å². The largest absolute Gasteiger partial charge is 0.321 e. The van der Waals surface area contributed by atoms with Crippen molar-refractivity contribution in [2.24, 2.45) is 5.73 Å². The summed E-state index contributed by atoms with van der Waals surface area (Å²) in [6, 6.07) is 2.81. The van der Waals surface area contributed by atoms with E-state index in [4.69, 9.17) is 5.73 Å². The standard InChI is InChI=1S/C10H11BrFNO2S/c1-16(14,15)9-7(11)4-6(5-8(9)12)10(13)2-3-10/h4-5H,2-3,13H2,1H3. The smallest absolute Gasteiger partial charge is 0.179 e. The van der Waals surface area contributed by atoms with Gasteiger partial charge in [0.15, 0.2) is 9.84 Å². The SMILES string of the molecule is CS(=O)(=O)c1c(F)cc(C2(N)CC2)cc1Br. The summed E-state index contributed by atoms with van der Waals surface area (Å²) < 4.78 is 36.6. The lowest BCUT2D eigenvalue weighted by Gasteiger charge is -2.12. The van der Waals surface area contributed by atoms with Gasteiger partial charge in [-0.15, -0.1) is 0 Å². The molecule has 2 rings (SSSR count). The van der Waals surface area contributed by atoms with E-state index in [0.717, 1.165) is 19.1 Å². The van der Waals surface area contributed by atoms with Gasteiger partial charge in [-0.05, 0) is 46.5 Å². The Balaban J connectivity index is 2.61. The number of benzene rings is 1. The molecular formula is C10H11BrFNO2S. The molecule has 0 aromatic heterocycles. The molecule has 0 radical (unpaired) electrons. The van der Waals surface area contributed by atoms with Crippen molar-refractivity contribution in [1.29, 1.82) is 0 Å². The molecule has 0 unspecified atom stereocenters. The average molecular weight is 308 g/mol. The normalized spacial score (nSPS) is 18.5. The summed E-state index contributed by atoms with van der Waals surface area (Å²) in [7, 11) is -3.57. The van der Waals surface area contributed by atoms with E-state index >= 15 is 0 Å². The highest BCUT2D eigenvalue weighted by Crippen LogP contribution is 2.44. The van der Waals surface area contributed by atoms with Gasteiger partial charge in [0.1, 0.15) is 10.7 Å². The van der Waals surface area contributed by atoms with Crippen LogP contribution in [0.2, 0.25) is 0 Å². The van der Waals surface area contributed by atoms with Gasteiger partial charge in [0.05, 0.1) is 0 Å². The molecule has 0 aliphatic heterocycles. The van der Waals surface area contributed by atoms with Gasteiger partial charge in [-0.25, -0.2) is 12.8 Å². The molecule has 0 bridgehead atoms. The van der Waals surface area contributed by atoms with Crippen LogP contribution in [0.3, 0.4) is 0 Å². The number of rotatable bonds is 2. The third kappa shape index (κ3) is 2.01. The summed E-state index contributed by atoms with van der Waals surface area (Å²) >= 11 is 3.08. The molecule has 3 nitrogen and oxygen atoms in total. The molecule has 0 heterocycles. The monoisotopic (exact) mass is 307 g/mol. The number of halogens is 2. The molecule has 6 heteroatoms. The Bertz CT molecular complexity index is 529. The Kier molecular flexibility index (Phi) is 2.64. The second-order valence-corrected chi connectivity index (χ2v) is 7.00. The van der Waals surface area contributed by atoms with Gasteiger partial charge in [-0.3, -0.25) is 0 Å². The zero-order valence-electron chi connectivity index (χ0n) is 8.63. The zero-order chi connectivity index (χ0) is 12.1. The number of hydrogen-bond acceptors (Lipinski definition) is 3. The van der Waals surface area contributed by atoms with Gasteiger partial charge in [-0.1, -0.05) is 0 Å². The molecule has 1 aromatic carbocycles. The van der Waals surface area contributed by atoms with E-state index in [1.165, 1.54) is 6.07 Å². The molecule has 16 heavy (non-hydrogen) atoms. The number of nitrogens with two attached hydrogens (primary N) is 1. The van der Waals surface area contributed by atoms with E-state index in [0.29, 0.717) is 5.56 Å². The first-order valence-corrected chi connectivity index (χ1v) is 7.41. The van der Waals surface area contributed by atoms with E-state index in [1.807, 2.05) is 0 Å². The van der Waals surface area contributed by atoms with Crippen molar-refractivity contribution >= 4 is 25.8 Å². The Morgan fingerprint density at radius 1 is 1.44 bits per heavy atom. The summed E-state index contributed by atoms with van der Waals surface area (Å²) in [6.45, 7) is 0. The molecule has 1 saturated carbocycles. The van der Waals surface area contributed by atoms with Crippen LogP contribution in [-0.4, -0.2) is 14.7 Å². The Labute approximate surface area is 102 Å². The molecule has 0 saturated heterocycles. The number of hydrogen-bond donors (Lipinski definition) is 1. The zero-order valence-corrected chi connectivity index (χ0v) is 11.0. The van der Waals surface area contributed by atoms with E-state index < -0.39 is 21.2 Å². The lowest BCUT2D eigenvalue weighted by Crippen LogP contribution is -2.19. The van der Waals surface area contributed by atoms with Crippen LogP contribution in [0.1, 0.15) is 18.4 Å². The van der Waals surface area contributed by atoms with Crippen LogP contribution in [0.25, 0.3) is 0 Å². The highest BCUT2D eigenvalue weighted by Gasteiger charge is 2.41. The van der Waals surface area contributed by atoms with Gasteiger partial charge in [0, 0.05) is 16.3 Å². The first-order chi connectivity index (χ1) is 7.24. The highest BCUT2D eigenvalue weighted by atomic mass is 79.9. The van der Waals surface area contributed by atoms with E-state index in [2.05, 4.69) is 15.9 Å². The maximum Gasteiger partial charge on any atom is 0.179 e. The van der Waals surface area contributed by atoms with Crippen molar-refractivity contribution < 1.29 is 12.8 Å². The summed E-state index contributed by atoms with van der Waals surface area (Å²) in [5, 5.41) is 0. The Morgan fingerprint density at radius 3 is 2.38 bits per heavy atom.